The molecule has 0 aliphatic rings. The fraction of sp³-hybridized carbons (Fsp3) is 0.571. The summed E-state index contributed by atoms with van der Waals surface area (Å²) in [6.45, 7) is 5.27. The second-order valence-electron chi connectivity index (χ2n) is 4.63. The average molecular weight is 258 g/mol. The summed E-state index contributed by atoms with van der Waals surface area (Å²) in [5.74, 6) is -0.324. The van der Waals surface area contributed by atoms with Gasteiger partial charge in [-0.3, -0.25) is 0 Å². The predicted octanol–water partition coefficient (Wildman–Crippen LogP) is 4.05. The van der Waals surface area contributed by atoms with Gasteiger partial charge in [-0.1, -0.05) is 37.6 Å². The molecule has 96 valence electrons. The number of nitrogens with one attached hydrogen (secondary N) is 1. The highest BCUT2D eigenvalue weighted by molar-refractivity contribution is 6.31. The highest BCUT2D eigenvalue weighted by atomic mass is 35.5. The first kappa shape index (κ1) is 14.5. The first-order valence-corrected chi connectivity index (χ1v) is 6.54. The van der Waals surface area contributed by atoms with Gasteiger partial charge in [-0.15, -0.1) is 0 Å². The maximum absolute atomic E-state index is 13.4. The number of halogens is 2. The second kappa shape index (κ2) is 6.36. The van der Waals surface area contributed by atoms with Gasteiger partial charge in [0.1, 0.15) is 5.82 Å². The summed E-state index contributed by atoms with van der Waals surface area (Å²) >= 11 is 6.02. The van der Waals surface area contributed by atoms with E-state index in [1.54, 1.807) is 6.07 Å². The van der Waals surface area contributed by atoms with Crippen molar-refractivity contribution in [3.05, 3.63) is 34.6 Å². The molecule has 0 atom stereocenters. The van der Waals surface area contributed by atoms with Crippen molar-refractivity contribution in [3.8, 4) is 0 Å². The van der Waals surface area contributed by atoms with Crippen LogP contribution in [0.2, 0.25) is 5.02 Å². The fourth-order valence-corrected chi connectivity index (χ4v) is 2.47. The second-order valence-corrected chi connectivity index (χ2v) is 5.01. The molecular formula is C14H21ClFN. The van der Waals surface area contributed by atoms with Crippen LogP contribution in [0.3, 0.4) is 0 Å². The molecule has 0 radical (unpaired) electrons. The molecule has 0 heterocycles. The third kappa shape index (κ3) is 3.43. The minimum Gasteiger partial charge on any atom is -0.319 e. The van der Waals surface area contributed by atoms with Crippen LogP contribution in [0, 0.1) is 11.2 Å². The molecule has 1 rings (SSSR count). The van der Waals surface area contributed by atoms with E-state index in [-0.39, 0.29) is 16.3 Å². The number of hydrogen-bond donors (Lipinski definition) is 1. The van der Waals surface area contributed by atoms with Gasteiger partial charge < -0.3 is 5.32 Å². The topological polar surface area (TPSA) is 12.0 Å². The molecular weight excluding hydrogens is 237 g/mol. The van der Waals surface area contributed by atoms with Gasteiger partial charge in [-0.05, 0) is 43.4 Å². The van der Waals surface area contributed by atoms with E-state index in [4.69, 9.17) is 11.6 Å². The van der Waals surface area contributed by atoms with Gasteiger partial charge in [0.05, 0.1) is 5.02 Å². The van der Waals surface area contributed by atoms with Crippen molar-refractivity contribution in [2.45, 2.75) is 33.1 Å². The predicted molar refractivity (Wildman–Crippen MR) is 72.1 cm³/mol. The van der Waals surface area contributed by atoms with Crippen LogP contribution in [-0.4, -0.2) is 13.6 Å². The lowest BCUT2D eigenvalue weighted by molar-refractivity contribution is 0.253. The van der Waals surface area contributed by atoms with E-state index in [2.05, 4.69) is 19.2 Å². The molecule has 0 saturated heterocycles. The Morgan fingerprint density at radius 2 is 1.94 bits per heavy atom. The zero-order valence-corrected chi connectivity index (χ0v) is 11.6. The highest BCUT2D eigenvalue weighted by Gasteiger charge is 2.26. The van der Waals surface area contributed by atoms with Crippen molar-refractivity contribution >= 4 is 11.6 Å². The molecule has 0 aromatic heterocycles. The minimum absolute atomic E-state index is 0.159. The van der Waals surface area contributed by atoms with Crippen molar-refractivity contribution in [1.29, 1.82) is 0 Å². The van der Waals surface area contributed by atoms with Crippen LogP contribution in [0.4, 0.5) is 4.39 Å². The van der Waals surface area contributed by atoms with Crippen molar-refractivity contribution < 1.29 is 4.39 Å². The zero-order valence-electron chi connectivity index (χ0n) is 10.8. The summed E-state index contributed by atoms with van der Waals surface area (Å²) in [6.07, 6.45) is 2.92. The molecule has 3 heteroatoms. The summed E-state index contributed by atoms with van der Waals surface area (Å²) < 4.78 is 13.4. The molecule has 0 aliphatic carbocycles. The van der Waals surface area contributed by atoms with Gasteiger partial charge in [-0.2, -0.15) is 0 Å². The Hall–Kier alpha value is -0.600. The molecule has 0 amide bonds. The first-order chi connectivity index (χ1) is 8.08. The van der Waals surface area contributed by atoms with Crippen LogP contribution in [0.25, 0.3) is 0 Å². The quantitative estimate of drug-likeness (QED) is 0.811. The van der Waals surface area contributed by atoms with Crippen molar-refractivity contribution in [2.75, 3.05) is 13.6 Å². The van der Waals surface area contributed by atoms with Crippen LogP contribution in [0.1, 0.15) is 32.3 Å². The van der Waals surface area contributed by atoms with Crippen LogP contribution in [0.15, 0.2) is 18.2 Å². The van der Waals surface area contributed by atoms with E-state index in [9.17, 15) is 4.39 Å². The number of benzene rings is 1. The van der Waals surface area contributed by atoms with E-state index in [1.165, 1.54) is 6.07 Å². The Kier molecular flexibility index (Phi) is 5.41. The first-order valence-electron chi connectivity index (χ1n) is 6.16. The third-order valence-corrected chi connectivity index (χ3v) is 4.07. The van der Waals surface area contributed by atoms with E-state index >= 15 is 0 Å². The van der Waals surface area contributed by atoms with E-state index in [1.807, 2.05) is 13.1 Å². The molecule has 1 aromatic carbocycles. The molecule has 17 heavy (non-hydrogen) atoms. The smallest absolute Gasteiger partial charge is 0.142 e. The molecule has 0 bridgehead atoms. The number of hydrogen-bond acceptors (Lipinski definition) is 1. The summed E-state index contributed by atoms with van der Waals surface area (Å²) in [5, 5.41) is 3.50. The molecule has 1 N–H and O–H groups in total. The summed E-state index contributed by atoms with van der Waals surface area (Å²) in [7, 11) is 1.95. The Morgan fingerprint density at radius 3 is 2.47 bits per heavy atom. The average Bonchev–Trinajstić information content (AvgIpc) is 2.34. The Morgan fingerprint density at radius 1 is 1.29 bits per heavy atom. The standard InChI is InChI=1S/C14H21ClFN/c1-4-14(5-2,10-17-3)9-11-7-6-8-12(16)13(11)15/h6-8,17H,4-5,9-10H2,1-3H3. The van der Waals surface area contributed by atoms with Crippen molar-refractivity contribution in [3.63, 3.8) is 0 Å². The van der Waals surface area contributed by atoms with Crippen LogP contribution in [-0.2, 0) is 6.42 Å². The lowest BCUT2D eigenvalue weighted by Crippen LogP contribution is -2.33. The van der Waals surface area contributed by atoms with E-state index in [0.29, 0.717) is 0 Å². The third-order valence-electron chi connectivity index (χ3n) is 3.65. The Bertz CT molecular complexity index is 361. The SMILES string of the molecule is CCC(CC)(CNC)Cc1cccc(F)c1Cl. The molecule has 1 aromatic rings. The number of rotatable bonds is 6. The summed E-state index contributed by atoms with van der Waals surface area (Å²) in [4.78, 5) is 0. The van der Waals surface area contributed by atoms with E-state index in [0.717, 1.165) is 31.4 Å². The molecule has 0 fully saturated rings. The van der Waals surface area contributed by atoms with Crippen molar-refractivity contribution in [1.82, 2.24) is 5.32 Å². The van der Waals surface area contributed by atoms with Gasteiger partial charge in [0.25, 0.3) is 0 Å². The van der Waals surface area contributed by atoms with Gasteiger partial charge in [-0.25, -0.2) is 4.39 Å². The molecule has 0 saturated carbocycles. The van der Waals surface area contributed by atoms with Crippen LogP contribution < -0.4 is 5.32 Å². The van der Waals surface area contributed by atoms with Gasteiger partial charge in [0.2, 0.25) is 0 Å². The van der Waals surface area contributed by atoms with Gasteiger partial charge in [0, 0.05) is 6.54 Å². The Balaban J connectivity index is 2.97. The maximum atomic E-state index is 13.4. The molecule has 1 nitrogen and oxygen atoms in total. The van der Waals surface area contributed by atoms with Gasteiger partial charge >= 0.3 is 0 Å². The Labute approximate surface area is 108 Å². The molecule has 0 aliphatic heterocycles. The summed E-state index contributed by atoms with van der Waals surface area (Å²) in [6, 6.07) is 5.05. The molecule has 0 spiro atoms. The monoisotopic (exact) mass is 257 g/mol. The highest BCUT2D eigenvalue weighted by Crippen LogP contribution is 2.33. The summed E-state index contributed by atoms with van der Waals surface area (Å²) in [5.41, 5.74) is 1.07. The van der Waals surface area contributed by atoms with E-state index < -0.39 is 0 Å². The largest absolute Gasteiger partial charge is 0.319 e. The zero-order chi connectivity index (χ0) is 12.9. The lowest BCUT2D eigenvalue weighted by atomic mass is 9.77. The lowest BCUT2D eigenvalue weighted by Gasteiger charge is -2.32. The van der Waals surface area contributed by atoms with Crippen LogP contribution in [0.5, 0.6) is 0 Å². The minimum atomic E-state index is -0.324. The fourth-order valence-electron chi connectivity index (χ4n) is 2.28. The van der Waals surface area contributed by atoms with Gasteiger partial charge in [0.15, 0.2) is 0 Å². The van der Waals surface area contributed by atoms with Crippen LogP contribution >= 0.6 is 11.6 Å². The van der Waals surface area contributed by atoms with Crippen molar-refractivity contribution in [2.24, 2.45) is 5.41 Å². The molecule has 0 unspecified atom stereocenters. The normalized spacial score (nSPS) is 11.8. The maximum Gasteiger partial charge on any atom is 0.142 e.